The van der Waals surface area contributed by atoms with E-state index in [1.54, 1.807) is 0 Å². The van der Waals surface area contributed by atoms with Gasteiger partial charge in [-0.2, -0.15) is 13.2 Å². The number of benzene rings is 1. The molecule has 0 amide bonds. The van der Waals surface area contributed by atoms with Crippen LogP contribution in [0.3, 0.4) is 0 Å². The molecule has 0 aliphatic rings. The van der Waals surface area contributed by atoms with E-state index in [4.69, 9.17) is 21.7 Å². The van der Waals surface area contributed by atoms with Crippen molar-refractivity contribution in [2.75, 3.05) is 13.2 Å². The number of alkyl halides is 3. The Hall–Kier alpha value is -1.28. The maximum absolute atomic E-state index is 12.9. The highest BCUT2D eigenvalue weighted by molar-refractivity contribution is 8.23. The molecule has 176 valence electrons. The molecule has 0 aliphatic heterocycles. The number of carbonyl (C=O) groups is 1. The smallest absolute Gasteiger partial charge is 0.390 e. The fourth-order valence-electron chi connectivity index (χ4n) is 3.10. The summed E-state index contributed by atoms with van der Waals surface area (Å²) in [5.41, 5.74) is 1.11. The first-order valence-corrected chi connectivity index (χ1v) is 12.1. The van der Waals surface area contributed by atoms with Gasteiger partial charge in [0, 0.05) is 18.6 Å². The highest BCUT2D eigenvalue weighted by Crippen LogP contribution is 2.32. The quantitative estimate of drug-likeness (QED) is 0.150. The molecular formula is C23H33F3O3S2. The number of thioether (sulfide) groups is 1. The lowest BCUT2D eigenvalue weighted by Gasteiger charge is -2.18. The van der Waals surface area contributed by atoms with Crippen molar-refractivity contribution in [2.24, 2.45) is 0 Å². The van der Waals surface area contributed by atoms with Crippen LogP contribution < -0.4 is 0 Å². The van der Waals surface area contributed by atoms with E-state index < -0.39 is 17.8 Å². The van der Waals surface area contributed by atoms with Crippen LogP contribution in [0.2, 0.25) is 0 Å². The maximum atomic E-state index is 12.9. The number of thiocarbonyl (C=S) groups is 1. The fourth-order valence-corrected chi connectivity index (χ4v) is 4.57. The minimum atomic E-state index is -4.21. The van der Waals surface area contributed by atoms with E-state index in [1.807, 2.05) is 30.3 Å². The normalized spacial score (nSPS) is 12.4. The SMILES string of the molecule is CC(=O)OCCCCCCCCCC(CC(F)(F)F)SC(=S)OCCc1ccccc1. The molecule has 0 radical (unpaired) electrons. The number of rotatable bonds is 15. The van der Waals surface area contributed by atoms with E-state index in [1.165, 1.54) is 6.92 Å². The summed E-state index contributed by atoms with van der Waals surface area (Å²) in [5.74, 6) is -0.257. The van der Waals surface area contributed by atoms with Crippen LogP contribution in [0.5, 0.6) is 0 Å². The molecule has 1 aromatic rings. The Bertz CT molecular complexity index is 624. The first-order valence-electron chi connectivity index (χ1n) is 10.8. The molecule has 1 atom stereocenters. The number of hydrogen-bond donors (Lipinski definition) is 0. The van der Waals surface area contributed by atoms with Crippen LogP contribution in [0, 0.1) is 0 Å². The topological polar surface area (TPSA) is 35.5 Å². The van der Waals surface area contributed by atoms with Crippen LogP contribution in [0.4, 0.5) is 13.2 Å². The van der Waals surface area contributed by atoms with Crippen LogP contribution >= 0.6 is 24.0 Å². The van der Waals surface area contributed by atoms with E-state index in [0.717, 1.165) is 62.3 Å². The molecule has 0 fully saturated rings. The van der Waals surface area contributed by atoms with Crippen LogP contribution in [0.25, 0.3) is 0 Å². The van der Waals surface area contributed by atoms with Gasteiger partial charge in [0.15, 0.2) is 0 Å². The standard InChI is InChI=1S/C23H33F3O3S2/c1-19(27)28-16-11-6-4-2-3-5-10-14-21(18-23(24,25)26)31-22(30)29-17-15-20-12-8-7-9-13-20/h7-9,12-13,21H,2-6,10-11,14-18H2,1H3. The summed E-state index contributed by atoms with van der Waals surface area (Å²) in [4.78, 5) is 10.7. The Morgan fingerprint density at radius 1 is 0.968 bits per heavy atom. The highest BCUT2D eigenvalue weighted by atomic mass is 32.2. The van der Waals surface area contributed by atoms with E-state index in [9.17, 15) is 18.0 Å². The average Bonchev–Trinajstić information content (AvgIpc) is 2.68. The van der Waals surface area contributed by atoms with E-state index >= 15 is 0 Å². The summed E-state index contributed by atoms with van der Waals surface area (Å²) in [7, 11) is 0. The number of carbonyl (C=O) groups excluding carboxylic acids is 1. The van der Waals surface area contributed by atoms with E-state index in [0.29, 0.717) is 26.1 Å². The number of ether oxygens (including phenoxy) is 2. The van der Waals surface area contributed by atoms with Crippen molar-refractivity contribution in [3.63, 3.8) is 0 Å². The first-order chi connectivity index (χ1) is 14.8. The minimum Gasteiger partial charge on any atom is -0.478 e. The molecule has 0 saturated carbocycles. The minimum absolute atomic E-state index is 0.193. The van der Waals surface area contributed by atoms with Gasteiger partial charge in [-0.3, -0.25) is 4.79 Å². The lowest BCUT2D eigenvalue weighted by molar-refractivity contribution is -0.141. The van der Waals surface area contributed by atoms with Crippen molar-refractivity contribution in [1.29, 1.82) is 0 Å². The molecule has 0 saturated heterocycles. The van der Waals surface area contributed by atoms with Crippen molar-refractivity contribution < 1.29 is 27.4 Å². The molecular weight excluding hydrogens is 445 g/mol. The second-order valence-electron chi connectivity index (χ2n) is 7.50. The highest BCUT2D eigenvalue weighted by Gasteiger charge is 2.32. The number of halogens is 3. The van der Waals surface area contributed by atoms with Gasteiger partial charge >= 0.3 is 12.1 Å². The Balaban J connectivity index is 2.19. The van der Waals surface area contributed by atoms with E-state index in [2.05, 4.69) is 0 Å². The Labute approximate surface area is 193 Å². The van der Waals surface area contributed by atoms with Gasteiger partial charge in [0.05, 0.1) is 19.6 Å². The summed E-state index contributed by atoms with van der Waals surface area (Å²) in [6, 6.07) is 9.76. The van der Waals surface area contributed by atoms with Gasteiger partial charge in [-0.15, -0.1) is 0 Å². The third-order valence-electron chi connectivity index (χ3n) is 4.65. The zero-order valence-corrected chi connectivity index (χ0v) is 19.8. The van der Waals surface area contributed by atoms with Gasteiger partial charge in [0.1, 0.15) is 0 Å². The molecule has 1 unspecified atom stereocenters. The van der Waals surface area contributed by atoms with Gasteiger partial charge in [0.25, 0.3) is 0 Å². The number of hydrogen-bond acceptors (Lipinski definition) is 5. The second kappa shape index (κ2) is 16.4. The second-order valence-corrected chi connectivity index (χ2v) is 9.40. The monoisotopic (exact) mass is 478 g/mol. The largest absolute Gasteiger partial charge is 0.478 e. The van der Waals surface area contributed by atoms with Crippen LogP contribution in [0.1, 0.15) is 70.3 Å². The summed E-state index contributed by atoms with van der Waals surface area (Å²) in [6.07, 6.45) is 2.66. The molecule has 3 nitrogen and oxygen atoms in total. The van der Waals surface area contributed by atoms with Crippen molar-refractivity contribution in [3.8, 4) is 0 Å². The summed E-state index contributed by atoms with van der Waals surface area (Å²) < 4.78 is 49.3. The predicted octanol–water partition coefficient (Wildman–Crippen LogP) is 7.27. The van der Waals surface area contributed by atoms with Crippen molar-refractivity contribution in [3.05, 3.63) is 35.9 Å². The number of unbranched alkanes of at least 4 members (excludes halogenated alkanes) is 6. The molecule has 0 aromatic heterocycles. The summed E-state index contributed by atoms with van der Waals surface area (Å²) in [6.45, 7) is 2.22. The molecule has 0 aliphatic carbocycles. The third-order valence-corrected chi connectivity index (χ3v) is 6.10. The van der Waals surface area contributed by atoms with Gasteiger partial charge in [-0.25, -0.2) is 0 Å². The summed E-state index contributed by atoms with van der Waals surface area (Å²) in [5, 5.41) is -0.604. The molecule has 0 heterocycles. The van der Waals surface area contributed by atoms with Crippen molar-refractivity contribution >= 4 is 34.3 Å². The molecule has 0 N–H and O–H groups in total. The zero-order chi connectivity index (χ0) is 23.0. The molecule has 8 heteroatoms. The van der Waals surface area contributed by atoms with Gasteiger partial charge in [-0.1, -0.05) is 80.6 Å². The Kier molecular flexibility index (Phi) is 14.7. The predicted molar refractivity (Wildman–Crippen MR) is 124 cm³/mol. The first kappa shape index (κ1) is 27.8. The van der Waals surface area contributed by atoms with Crippen molar-refractivity contribution in [2.45, 2.75) is 82.6 Å². The summed E-state index contributed by atoms with van der Waals surface area (Å²) >= 11 is 6.20. The van der Waals surface area contributed by atoms with Gasteiger partial charge < -0.3 is 9.47 Å². The van der Waals surface area contributed by atoms with Crippen LogP contribution in [0.15, 0.2) is 30.3 Å². The van der Waals surface area contributed by atoms with Crippen LogP contribution in [-0.4, -0.2) is 35.0 Å². The Morgan fingerprint density at radius 2 is 1.58 bits per heavy atom. The molecule has 1 rings (SSSR count). The van der Waals surface area contributed by atoms with E-state index in [-0.39, 0.29) is 10.4 Å². The average molecular weight is 479 g/mol. The Morgan fingerprint density at radius 3 is 2.19 bits per heavy atom. The molecule has 1 aromatic carbocycles. The molecule has 0 bridgehead atoms. The molecule has 31 heavy (non-hydrogen) atoms. The maximum Gasteiger partial charge on any atom is 0.390 e. The lowest BCUT2D eigenvalue weighted by Crippen LogP contribution is -2.19. The van der Waals surface area contributed by atoms with Gasteiger partial charge in [0.2, 0.25) is 4.38 Å². The third kappa shape index (κ3) is 17.0. The van der Waals surface area contributed by atoms with Crippen molar-refractivity contribution in [1.82, 2.24) is 0 Å². The van der Waals surface area contributed by atoms with Crippen LogP contribution in [-0.2, 0) is 20.7 Å². The fraction of sp³-hybridized carbons (Fsp3) is 0.652. The zero-order valence-electron chi connectivity index (χ0n) is 18.1. The lowest BCUT2D eigenvalue weighted by atomic mass is 10.1. The van der Waals surface area contributed by atoms with Gasteiger partial charge in [-0.05, 0) is 30.6 Å². The molecule has 0 spiro atoms. The number of esters is 1.